The van der Waals surface area contributed by atoms with Gasteiger partial charge in [0.15, 0.2) is 0 Å². The number of hydrogen-bond acceptors (Lipinski definition) is 3. The quantitative estimate of drug-likeness (QED) is 0.742. The summed E-state index contributed by atoms with van der Waals surface area (Å²) in [5.41, 5.74) is 3.37. The molecule has 27 heavy (non-hydrogen) atoms. The van der Waals surface area contributed by atoms with E-state index < -0.39 is 0 Å². The molecule has 2 aromatic rings. The fourth-order valence-corrected chi connectivity index (χ4v) is 4.21. The molecular formula is C21H25ClN4O. The van der Waals surface area contributed by atoms with Gasteiger partial charge in [-0.1, -0.05) is 17.7 Å². The van der Waals surface area contributed by atoms with Gasteiger partial charge in [-0.3, -0.25) is 4.90 Å². The molecule has 0 radical (unpaired) electrons. The molecule has 1 saturated heterocycles. The minimum absolute atomic E-state index is 0.109. The van der Waals surface area contributed by atoms with E-state index in [9.17, 15) is 4.79 Å². The van der Waals surface area contributed by atoms with Crippen molar-refractivity contribution in [2.75, 3.05) is 42.5 Å². The number of pyridine rings is 1. The molecule has 1 aromatic carbocycles. The van der Waals surface area contributed by atoms with Crippen molar-refractivity contribution < 1.29 is 4.79 Å². The number of anilines is 2. The molecule has 2 aliphatic rings. The molecule has 0 bridgehead atoms. The minimum atomic E-state index is 0.109. The van der Waals surface area contributed by atoms with Crippen LogP contribution in [0.3, 0.4) is 0 Å². The van der Waals surface area contributed by atoms with E-state index in [0.717, 1.165) is 55.4 Å². The molecule has 1 fully saturated rings. The number of urea groups is 1. The van der Waals surface area contributed by atoms with E-state index in [1.54, 1.807) is 0 Å². The molecule has 6 heteroatoms. The van der Waals surface area contributed by atoms with Gasteiger partial charge in [0.25, 0.3) is 0 Å². The van der Waals surface area contributed by atoms with Crippen LogP contribution in [0.1, 0.15) is 24.0 Å². The molecule has 0 spiro atoms. The standard InChI is InChI=1S/C21H25ClN4O/c1-16-5-4-9-23-20(16)24-11-13-25(14-12-24)21(27)26-10-3-2-6-17-15-18(22)7-8-19(17)26/h4-5,7-9,15H,2-3,6,10-14H2,1H3. The van der Waals surface area contributed by atoms with Crippen LogP contribution in [0.2, 0.25) is 5.02 Å². The Bertz CT molecular complexity index is 833. The van der Waals surface area contributed by atoms with Crippen LogP contribution in [0.5, 0.6) is 0 Å². The molecule has 2 amide bonds. The summed E-state index contributed by atoms with van der Waals surface area (Å²) in [5, 5.41) is 0.738. The molecule has 2 aliphatic heterocycles. The van der Waals surface area contributed by atoms with E-state index in [2.05, 4.69) is 22.9 Å². The van der Waals surface area contributed by atoms with Crippen molar-refractivity contribution in [3.8, 4) is 0 Å². The minimum Gasteiger partial charge on any atom is -0.353 e. The molecule has 0 saturated carbocycles. The van der Waals surface area contributed by atoms with Crippen molar-refractivity contribution in [2.24, 2.45) is 0 Å². The van der Waals surface area contributed by atoms with Crippen LogP contribution < -0.4 is 9.80 Å². The van der Waals surface area contributed by atoms with Gasteiger partial charge in [0.05, 0.1) is 0 Å². The van der Waals surface area contributed by atoms with Gasteiger partial charge < -0.3 is 9.80 Å². The molecule has 1 aromatic heterocycles. The topological polar surface area (TPSA) is 39.7 Å². The van der Waals surface area contributed by atoms with E-state index in [-0.39, 0.29) is 6.03 Å². The average Bonchev–Trinajstić information content (AvgIpc) is 2.90. The maximum Gasteiger partial charge on any atom is 0.324 e. The number of carbonyl (C=O) groups is 1. The van der Waals surface area contributed by atoms with Crippen LogP contribution >= 0.6 is 11.6 Å². The van der Waals surface area contributed by atoms with Crippen molar-refractivity contribution >= 4 is 29.1 Å². The fraction of sp³-hybridized carbons (Fsp3) is 0.429. The van der Waals surface area contributed by atoms with Crippen LogP contribution in [0.15, 0.2) is 36.5 Å². The fourth-order valence-electron chi connectivity index (χ4n) is 4.01. The molecule has 0 aliphatic carbocycles. The molecule has 4 rings (SSSR count). The predicted octanol–water partition coefficient (Wildman–Crippen LogP) is 4.13. The number of carbonyl (C=O) groups excluding carboxylic acids is 1. The number of aromatic nitrogens is 1. The summed E-state index contributed by atoms with van der Waals surface area (Å²) in [6.07, 6.45) is 4.92. The summed E-state index contributed by atoms with van der Waals surface area (Å²) in [5.74, 6) is 1.03. The number of amides is 2. The van der Waals surface area contributed by atoms with Gasteiger partial charge in [0, 0.05) is 49.6 Å². The van der Waals surface area contributed by atoms with E-state index >= 15 is 0 Å². The van der Waals surface area contributed by atoms with Gasteiger partial charge in [0.2, 0.25) is 0 Å². The summed E-state index contributed by atoms with van der Waals surface area (Å²) in [7, 11) is 0. The Morgan fingerprint density at radius 2 is 1.89 bits per heavy atom. The third-order valence-corrected chi connectivity index (χ3v) is 5.71. The number of benzene rings is 1. The molecule has 3 heterocycles. The maximum atomic E-state index is 13.2. The lowest BCUT2D eigenvalue weighted by Gasteiger charge is -2.38. The van der Waals surface area contributed by atoms with Crippen molar-refractivity contribution in [1.82, 2.24) is 9.88 Å². The zero-order valence-corrected chi connectivity index (χ0v) is 16.5. The summed E-state index contributed by atoms with van der Waals surface area (Å²) in [4.78, 5) is 23.9. The highest BCUT2D eigenvalue weighted by atomic mass is 35.5. The Balaban J connectivity index is 1.48. The lowest BCUT2D eigenvalue weighted by molar-refractivity contribution is 0.201. The first kappa shape index (κ1) is 18.1. The zero-order chi connectivity index (χ0) is 18.8. The lowest BCUT2D eigenvalue weighted by Crippen LogP contribution is -2.53. The first-order valence-corrected chi connectivity index (χ1v) is 10.0. The Hall–Kier alpha value is -2.27. The highest BCUT2D eigenvalue weighted by Gasteiger charge is 2.29. The smallest absolute Gasteiger partial charge is 0.324 e. The lowest BCUT2D eigenvalue weighted by atomic mass is 10.1. The largest absolute Gasteiger partial charge is 0.353 e. The van der Waals surface area contributed by atoms with Crippen molar-refractivity contribution in [3.63, 3.8) is 0 Å². The average molecular weight is 385 g/mol. The van der Waals surface area contributed by atoms with Gasteiger partial charge >= 0.3 is 6.03 Å². The second-order valence-corrected chi connectivity index (χ2v) is 7.72. The van der Waals surface area contributed by atoms with E-state index in [4.69, 9.17) is 11.6 Å². The van der Waals surface area contributed by atoms with Crippen LogP contribution in [0.4, 0.5) is 16.3 Å². The van der Waals surface area contributed by atoms with Gasteiger partial charge in [-0.2, -0.15) is 0 Å². The molecular weight excluding hydrogens is 360 g/mol. The maximum absolute atomic E-state index is 13.2. The molecule has 0 atom stereocenters. The van der Waals surface area contributed by atoms with Crippen molar-refractivity contribution in [3.05, 3.63) is 52.7 Å². The van der Waals surface area contributed by atoms with E-state index in [1.807, 2.05) is 40.3 Å². The van der Waals surface area contributed by atoms with E-state index in [0.29, 0.717) is 13.1 Å². The monoisotopic (exact) mass is 384 g/mol. The number of halogens is 1. The van der Waals surface area contributed by atoms with Crippen LogP contribution in [-0.2, 0) is 6.42 Å². The molecule has 142 valence electrons. The summed E-state index contributed by atoms with van der Waals surface area (Å²) < 4.78 is 0. The van der Waals surface area contributed by atoms with Gasteiger partial charge in [-0.05, 0) is 61.6 Å². The normalized spacial score (nSPS) is 17.5. The van der Waals surface area contributed by atoms with Crippen LogP contribution in [-0.4, -0.2) is 48.6 Å². The van der Waals surface area contributed by atoms with Gasteiger partial charge in [0.1, 0.15) is 5.82 Å². The highest BCUT2D eigenvalue weighted by Crippen LogP contribution is 2.30. The van der Waals surface area contributed by atoms with Gasteiger partial charge in [-0.25, -0.2) is 9.78 Å². The Morgan fingerprint density at radius 1 is 1.07 bits per heavy atom. The molecule has 0 unspecified atom stereocenters. The Morgan fingerprint density at radius 3 is 2.67 bits per heavy atom. The number of fused-ring (bicyclic) bond motifs is 1. The number of piperazine rings is 1. The third kappa shape index (κ3) is 3.74. The number of nitrogens with zero attached hydrogens (tertiary/aromatic N) is 4. The third-order valence-electron chi connectivity index (χ3n) is 5.47. The second-order valence-electron chi connectivity index (χ2n) is 7.28. The number of aryl methyl sites for hydroxylation is 2. The second kappa shape index (κ2) is 7.77. The molecule has 5 nitrogen and oxygen atoms in total. The number of rotatable bonds is 1. The SMILES string of the molecule is Cc1cccnc1N1CCN(C(=O)N2CCCCc3cc(Cl)ccc32)CC1. The molecule has 0 N–H and O–H groups in total. The van der Waals surface area contributed by atoms with Gasteiger partial charge in [-0.15, -0.1) is 0 Å². The summed E-state index contributed by atoms with van der Waals surface area (Å²) in [6, 6.07) is 10.0. The summed E-state index contributed by atoms with van der Waals surface area (Å²) in [6.45, 7) is 5.91. The zero-order valence-electron chi connectivity index (χ0n) is 15.7. The van der Waals surface area contributed by atoms with Crippen molar-refractivity contribution in [2.45, 2.75) is 26.2 Å². The Kier molecular flexibility index (Phi) is 5.21. The predicted molar refractivity (Wildman–Crippen MR) is 110 cm³/mol. The summed E-state index contributed by atoms with van der Waals surface area (Å²) >= 11 is 6.17. The van der Waals surface area contributed by atoms with E-state index in [1.165, 1.54) is 11.1 Å². The first-order valence-electron chi connectivity index (χ1n) is 9.65. The first-order chi connectivity index (χ1) is 13.1. The number of hydrogen-bond donors (Lipinski definition) is 0. The Labute approximate surface area is 165 Å². The van der Waals surface area contributed by atoms with Crippen molar-refractivity contribution in [1.29, 1.82) is 0 Å². The van der Waals surface area contributed by atoms with Crippen LogP contribution in [0.25, 0.3) is 0 Å². The highest BCUT2D eigenvalue weighted by molar-refractivity contribution is 6.30. The van der Waals surface area contributed by atoms with Crippen LogP contribution in [0, 0.1) is 6.92 Å².